The molecule has 29 heavy (non-hydrogen) atoms. The molecule has 0 aromatic rings. The van der Waals surface area contributed by atoms with Gasteiger partial charge in [0.2, 0.25) is 0 Å². The van der Waals surface area contributed by atoms with Gasteiger partial charge in [-0.1, -0.05) is 64.2 Å². The molecule has 8 N–H and O–H groups in total. The van der Waals surface area contributed by atoms with E-state index in [9.17, 15) is 19.8 Å². The third kappa shape index (κ3) is 27.5. The minimum absolute atomic E-state index is 0. The zero-order chi connectivity index (χ0) is 21.6. The number of nitrogens with two attached hydrogens (primary N) is 4. The first-order valence-corrected chi connectivity index (χ1v) is 10.7. The zero-order valence-corrected chi connectivity index (χ0v) is 19.5. The third-order valence-corrected chi connectivity index (χ3v) is 4.54. The molecule has 0 spiro atoms. The van der Waals surface area contributed by atoms with Gasteiger partial charge in [-0.05, 0) is 38.8 Å². The van der Waals surface area contributed by atoms with Crippen molar-refractivity contribution < 1.29 is 19.8 Å². The van der Waals surface area contributed by atoms with E-state index in [2.05, 4.69) is 0 Å². The van der Waals surface area contributed by atoms with Crippen molar-refractivity contribution in [3.05, 3.63) is 0 Å². The van der Waals surface area contributed by atoms with Crippen LogP contribution in [0.15, 0.2) is 0 Å². The second-order valence-corrected chi connectivity index (χ2v) is 7.25. The fraction of sp³-hybridized carbons (Fsp3) is 0.900. The van der Waals surface area contributed by atoms with E-state index in [-0.39, 0.29) is 23.1 Å². The normalized spacial score (nSPS) is 12.3. The van der Waals surface area contributed by atoms with Gasteiger partial charge in [-0.3, -0.25) is 0 Å². The van der Waals surface area contributed by atoms with Gasteiger partial charge in [-0.15, -0.1) is 0 Å². The molecule has 0 fully saturated rings. The SMILES string of the molecule is NCCCCCCCCC(N)C(=O)[O-].NCCCCCCCCC(N)C(=O)[O-].[Mg+2]. The molecule has 0 aromatic heterocycles. The van der Waals surface area contributed by atoms with Crippen molar-refractivity contribution in [1.82, 2.24) is 0 Å². The van der Waals surface area contributed by atoms with Gasteiger partial charge in [0, 0.05) is 12.1 Å². The maximum Gasteiger partial charge on any atom is 2.00 e. The van der Waals surface area contributed by atoms with E-state index >= 15 is 0 Å². The monoisotopic (exact) mass is 426 g/mol. The second-order valence-electron chi connectivity index (χ2n) is 7.25. The molecule has 8 nitrogen and oxygen atoms in total. The summed E-state index contributed by atoms with van der Waals surface area (Å²) in [5, 5.41) is 20.5. The number of carbonyl (C=O) groups excluding carboxylic acids is 2. The van der Waals surface area contributed by atoms with E-state index in [1.54, 1.807) is 0 Å². The van der Waals surface area contributed by atoms with Gasteiger partial charge in [0.05, 0.1) is 11.9 Å². The molecule has 0 bridgehead atoms. The van der Waals surface area contributed by atoms with Gasteiger partial charge in [0.15, 0.2) is 0 Å². The molecule has 0 aliphatic carbocycles. The molecule has 0 aliphatic heterocycles. The number of unbranched alkanes of at least 4 members (excludes halogenated alkanes) is 10. The number of rotatable bonds is 18. The second kappa shape index (κ2) is 25.6. The Kier molecular flexibility index (Phi) is 29.3. The van der Waals surface area contributed by atoms with E-state index < -0.39 is 24.0 Å². The molecular formula is C20H42MgN4O4. The van der Waals surface area contributed by atoms with E-state index in [0.717, 1.165) is 64.5 Å². The van der Waals surface area contributed by atoms with Gasteiger partial charge < -0.3 is 42.7 Å². The molecule has 9 heteroatoms. The van der Waals surface area contributed by atoms with Crippen LogP contribution in [0.3, 0.4) is 0 Å². The first-order chi connectivity index (χ1) is 13.4. The van der Waals surface area contributed by atoms with Crippen LogP contribution in [0.5, 0.6) is 0 Å². The zero-order valence-electron chi connectivity index (χ0n) is 18.1. The van der Waals surface area contributed by atoms with Crippen molar-refractivity contribution in [3.63, 3.8) is 0 Å². The molecule has 0 saturated carbocycles. The predicted molar refractivity (Wildman–Crippen MR) is 114 cm³/mol. The maximum atomic E-state index is 10.3. The van der Waals surface area contributed by atoms with Gasteiger partial charge in [-0.2, -0.15) is 0 Å². The smallest absolute Gasteiger partial charge is 0.548 e. The number of hydrogen-bond donors (Lipinski definition) is 4. The molecule has 0 aliphatic rings. The number of carboxylic acid groups (broad SMARTS) is 2. The van der Waals surface area contributed by atoms with Crippen LogP contribution in [0, 0.1) is 0 Å². The molecule has 0 heterocycles. The van der Waals surface area contributed by atoms with Gasteiger partial charge >= 0.3 is 23.1 Å². The summed E-state index contributed by atoms with van der Waals surface area (Å²) in [6, 6.07) is -1.59. The minimum atomic E-state index is -1.15. The van der Waals surface area contributed by atoms with Gasteiger partial charge in [0.1, 0.15) is 0 Å². The van der Waals surface area contributed by atoms with Crippen LogP contribution >= 0.6 is 0 Å². The molecule has 0 radical (unpaired) electrons. The van der Waals surface area contributed by atoms with E-state index in [4.69, 9.17) is 22.9 Å². The molecule has 0 saturated heterocycles. The van der Waals surface area contributed by atoms with Crippen LogP contribution in [0.2, 0.25) is 0 Å². The van der Waals surface area contributed by atoms with Crippen LogP contribution < -0.4 is 33.1 Å². The summed E-state index contributed by atoms with van der Waals surface area (Å²) in [7, 11) is 0. The molecular weight excluding hydrogens is 385 g/mol. The largest absolute Gasteiger partial charge is 2.00 e. The predicted octanol–water partition coefficient (Wildman–Crippen LogP) is -0.875. The first-order valence-electron chi connectivity index (χ1n) is 10.7. The van der Waals surface area contributed by atoms with Crippen molar-refractivity contribution >= 4 is 35.0 Å². The summed E-state index contributed by atoms with van der Waals surface area (Å²) in [6.45, 7) is 1.52. The van der Waals surface area contributed by atoms with Crippen LogP contribution in [-0.4, -0.2) is 60.2 Å². The quantitative estimate of drug-likeness (QED) is 0.161. The van der Waals surface area contributed by atoms with Crippen LogP contribution in [-0.2, 0) is 9.59 Å². The fourth-order valence-corrected chi connectivity index (χ4v) is 2.67. The van der Waals surface area contributed by atoms with Crippen molar-refractivity contribution in [3.8, 4) is 0 Å². The minimum Gasteiger partial charge on any atom is -0.548 e. The average Bonchev–Trinajstić information content (AvgIpc) is 2.66. The summed E-state index contributed by atoms with van der Waals surface area (Å²) in [4.78, 5) is 20.5. The summed E-state index contributed by atoms with van der Waals surface area (Å²) >= 11 is 0. The molecule has 0 rings (SSSR count). The molecule has 0 amide bonds. The summed E-state index contributed by atoms with van der Waals surface area (Å²) in [5.74, 6) is -2.29. The van der Waals surface area contributed by atoms with E-state index in [1.165, 1.54) is 25.7 Å². The Morgan fingerprint density at radius 2 is 0.793 bits per heavy atom. The molecule has 2 unspecified atom stereocenters. The van der Waals surface area contributed by atoms with Crippen molar-refractivity contribution in [1.29, 1.82) is 0 Å². The average molecular weight is 427 g/mol. The standard InChI is InChI=1S/2C10H22N2O2.Mg/c2*11-8-6-4-2-1-3-5-7-9(12)10(13)14;/h2*9H,1-8,11-12H2,(H,13,14);/q;;+2/p-2. The number of carbonyl (C=O) groups is 2. The van der Waals surface area contributed by atoms with Gasteiger partial charge in [0.25, 0.3) is 0 Å². The molecule has 168 valence electrons. The Labute approximate surface area is 192 Å². The Balaban J connectivity index is -0.000000451. The number of aliphatic carboxylic acids is 2. The Hall–Kier alpha value is -0.454. The van der Waals surface area contributed by atoms with Crippen molar-refractivity contribution in [2.75, 3.05) is 13.1 Å². The third-order valence-electron chi connectivity index (χ3n) is 4.54. The van der Waals surface area contributed by atoms with Gasteiger partial charge in [-0.25, -0.2) is 0 Å². The van der Waals surface area contributed by atoms with Crippen LogP contribution in [0.4, 0.5) is 0 Å². The number of carboxylic acids is 2. The maximum absolute atomic E-state index is 10.3. The Morgan fingerprint density at radius 3 is 1.03 bits per heavy atom. The van der Waals surface area contributed by atoms with Crippen molar-refractivity contribution in [2.45, 2.75) is 102 Å². The fourth-order valence-electron chi connectivity index (χ4n) is 2.67. The van der Waals surface area contributed by atoms with Crippen molar-refractivity contribution in [2.24, 2.45) is 22.9 Å². The Bertz CT molecular complexity index is 342. The van der Waals surface area contributed by atoms with E-state index in [1.807, 2.05) is 0 Å². The number of hydrogen-bond acceptors (Lipinski definition) is 8. The summed E-state index contributed by atoms with van der Waals surface area (Å²) in [5.41, 5.74) is 21.3. The van der Waals surface area contributed by atoms with Crippen LogP contribution in [0.1, 0.15) is 89.9 Å². The van der Waals surface area contributed by atoms with Crippen LogP contribution in [0.25, 0.3) is 0 Å². The Morgan fingerprint density at radius 1 is 0.552 bits per heavy atom. The summed E-state index contributed by atoms with van der Waals surface area (Å²) < 4.78 is 0. The summed E-state index contributed by atoms with van der Waals surface area (Å²) in [6.07, 6.45) is 14.0. The first kappa shape index (κ1) is 33.2. The molecule has 2 atom stereocenters. The van der Waals surface area contributed by atoms with E-state index in [0.29, 0.717) is 12.8 Å². The topological polar surface area (TPSA) is 184 Å². The molecule has 0 aromatic carbocycles.